The van der Waals surface area contributed by atoms with Crippen molar-refractivity contribution >= 4 is 31.9 Å². The summed E-state index contributed by atoms with van der Waals surface area (Å²) in [4.78, 5) is 16.7. The summed E-state index contributed by atoms with van der Waals surface area (Å²) in [5.41, 5.74) is 3.36. The lowest BCUT2D eigenvalue weighted by Crippen LogP contribution is -2.36. The molecule has 0 spiro atoms. The van der Waals surface area contributed by atoms with Crippen molar-refractivity contribution in [3.8, 4) is 0 Å². The summed E-state index contributed by atoms with van der Waals surface area (Å²) in [5, 5.41) is 2.93. The van der Waals surface area contributed by atoms with Gasteiger partial charge in [0, 0.05) is 36.5 Å². The molecule has 2 aromatic rings. The largest absolute Gasteiger partial charge is 0.352 e. The second-order valence-electron chi connectivity index (χ2n) is 6.30. The van der Waals surface area contributed by atoms with Gasteiger partial charge in [0.25, 0.3) is 5.91 Å². The van der Waals surface area contributed by atoms with Gasteiger partial charge in [0.15, 0.2) is 0 Å². The Kier molecular flexibility index (Phi) is 5.74. The lowest BCUT2D eigenvalue weighted by atomic mass is 9.98. The van der Waals surface area contributed by atoms with E-state index in [-0.39, 0.29) is 12.5 Å². The van der Waals surface area contributed by atoms with Gasteiger partial charge < -0.3 is 5.32 Å². The van der Waals surface area contributed by atoms with Gasteiger partial charge in [0.05, 0.1) is 11.8 Å². The molecular weight excluding hydrogens is 418 g/mol. The molecule has 2 heterocycles. The first-order chi connectivity index (χ1) is 12.3. The van der Waals surface area contributed by atoms with Gasteiger partial charge in [-0.1, -0.05) is 28.1 Å². The molecule has 1 aromatic carbocycles. The number of carbonyl (C=O) groups excluding carboxylic acids is 1. The fourth-order valence-corrected chi connectivity index (χ4v) is 4.07. The number of aromatic nitrogens is 1. The maximum Gasteiger partial charge on any atom is 0.253 e. The van der Waals surface area contributed by atoms with E-state index in [1.54, 1.807) is 12.4 Å². The Labute approximate surface area is 161 Å². The average Bonchev–Trinajstić information content (AvgIpc) is 2.61. The highest BCUT2D eigenvalue weighted by Gasteiger charge is 2.26. The number of benzene rings is 1. The Balaban J connectivity index is 1.66. The van der Waals surface area contributed by atoms with Crippen molar-refractivity contribution in [2.45, 2.75) is 19.4 Å². The summed E-state index contributed by atoms with van der Waals surface area (Å²) in [6, 6.07) is 7.98. The van der Waals surface area contributed by atoms with E-state index in [0.29, 0.717) is 25.1 Å². The molecule has 26 heavy (non-hydrogen) atoms. The Morgan fingerprint density at radius 3 is 2.69 bits per heavy atom. The maximum atomic E-state index is 12.5. The first kappa shape index (κ1) is 19.0. The van der Waals surface area contributed by atoms with Crippen LogP contribution < -0.4 is 5.32 Å². The van der Waals surface area contributed by atoms with Crippen molar-refractivity contribution in [3.63, 3.8) is 0 Å². The van der Waals surface area contributed by atoms with Crippen LogP contribution in [0.25, 0.3) is 0 Å². The Morgan fingerprint density at radius 1 is 1.27 bits per heavy atom. The minimum absolute atomic E-state index is 0.167. The molecule has 1 aliphatic rings. The summed E-state index contributed by atoms with van der Waals surface area (Å²) in [7, 11) is -3.25. The molecule has 1 N–H and O–H groups in total. The van der Waals surface area contributed by atoms with E-state index in [1.165, 1.54) is 10.6 Å². The van der Waals surface area contributed by atoms with Crippen LogP contribution in [0.15, 0.2) is 41.1 Å². The van der Waals surface area contributed by atoms with Crippen LogP contribution in [0.2, 0.25) is 0 Å². The number of carbonyl (C=O) groups is 1. The average molecular weight is 438 g/mol. The zero-order valence-electron chi connectivity index (χ0n) is 14.4. The van der Waals surface area contributed by atoms with Crippen molar-refractivity contribution in [2.24, 2.45) is 0 Å². The molecule has 0 bridgehead atoms. The third-order valence-corrected chi connectivity index (χ3v) is 6.21. The van der Waals surface area contributed by atoms with Crippen molar-refractivity contribution in [1.29, 1.82) is 0 Å². The van der Waals surface area contributed by atoms with E-state index in [2.05, 4.69) is 26.2 Å². The monoisotopic (exact) mass is 437 g/mol. The summed E-state index contributed by atoms with van der Waals surface area (Å²) in [6.07, 6.45) is 5.66. The SMILES string of the molecule is CS(=O)(=O)N1CCc2c(cncc2C(=O)NCCc2ccc(Br)cc2)C1. The van der Waals surface area contributed by atoms with E-state index < -0.39 is 10.0 Å². The smallest absolute Gasteiger partial charge is 0.253 e. The Morgan fingerprint density at radius 2 is 2.00 bits per heavy atom. The van der Waals surface area contributed by atoms with Gasteiger partial charge in [-0.3, -0.25) is 9.78 Å². The molecule has 0 fully saturated rings. The van der Waals surface area contributed by atoms with Gasteiger partial charge in [-0.05, 0) is 41.7 Å². The quantitative estimate of drug-likeness (QED) is 0.776. The summed E-state index contributed by atoms with van der Waals surface area (Å²) < 4.78 is 25.9. The predicted octanol–water partition coefficient (Wildman–Crippen LogP) is 2.13. The van der Waals surface area contributed by atoms with Gasteiger partial charge in [-0.25, -0.2) is 8.42 Å². The number of hydrogen-bond acceptors (Lipinski definition) is 4. The van der Waals surface area contributed by atoms with E-state index in [4.69, 9.17) is 0 Å². The standard InChI is InChI=1S/C18H20BrN3O3S/c1-26(24,25)22-9-7-16-14(12-22)10-20-11-17(16)18(23)21-8-6-13-2-4-15(19)5-3-13/h2-5,10-11H,6-9,12H2,1H3,(H,21,23). The molecule has 0 radical (unpaired) electrons. The van der Waals surface area contributed by atoms with Crippen molar-refractivity contribution in [1.82, 2.24) is 14.6 Å². The van der Waals surface area contributed by atoms with E-state index in [1.807, 2.05) is 24.3 Å². The number of halogens is 1. The minimum Gasteiger partial charge on any atom is -0.352 e. The second kappa shape index (κ2) is 7.85. The van der Waals surface area contributed by atoms with Crippen LogP contribution >= 0.6 is 15.9 Å². The highest BCUT2D eigenvalue weighted by molar-refractivity contribution is 9.10. The van der Waals surface area contributed by atoms with Crippen LogP contribution in [-0.4, -0.2) is 43.0 Å². The summed E-state index contributed by atoms with van der Waals surface area (Å²) in [5.74, 6) is -0.167. The van der Waals surface area contributed by atoms with Crippen LogP contribution in [0.4, 0.5) is 0 Å². The lowest BCUT2D eigenvalue weighted by molar-refractivity contribution is 0.0952. The van der Waals surface area contributed by atoms with Crippen molar-refractivity contribution < 1.29 is 13.2 Å². The van der Waals surface area contributed by atoms with Crippen LogP contribution in [0.1, 0.15) is 27.0 Å². The van der Waals surface area contributed by atoms with Gasteiger partial charge in [-0.15, -0.1) is 0 Å². The number of pyridine rings is 1. The molecule has 6 nitrogen and oxygen atoms in total. The van der Waals surface area contributed by atoms with Gasteiger partial charge in [0.2, 0.25) is 10.0 Å². The molecule has 138 valence electrons. The van der Waals surface area contributed by atoms with E-state index in [9.17, 15) is 13.2 Å². The molecule has 0 saturated carbocycles. The number of fused-ring (bicyclic) bond motifs is 1. The predicted molar refractivity (Wildman–Crippen MR) is 103 cm³/mol. The number of rotatable bonds is 5. The fraction of sp³-hybridized carbons (Fsp3) is 0.333. The fourth-order valence-electron chi connectivity index (χ4n) is 3.01. The second-order valence-corrected chi connectivity index (χ2v) is 9.20. The summed E-state index contributed by atoms with van der Waals surface area (Å²) >= 11 is 3.40. The zero-order valence-corrected chi connectivity index (χ0v) is 16.8. The zero-order chi connectivity index (χ0) is 18.7. The third kappa shape index (κ3) is 4.49. The van der Waals surface area contributed by atoms with Crippen LogP contribution in [0.3, 0.4) is 0 Å². The van der Waals surface area contributed by atoms with Gasteiger partial charge >= 0.3 is 0 Å². The van der Waals surface area contributed by atoms with Crippen LogP contribution in [0.5, 0.6) is 0 Å². The Bertz CT molecular complexity index is 914. The molecular formula is C18H20BrN3O3S. The molecule has 0 aliphatic carbocycles. The minimum atomic E-state index is -3.25. The topological polar surface area (TPSA) is 79.4 Å². The third-order valence-electron chi connectivity index (χ3n) is 4.43. The molecule has 0 saturated heterocycles. The number of hydrogen-bond donors (Lipinski definition) is 1. The molecule has 0 atom stereocenters. The maximum absolute atomic E-state index is 12.5. The van der Waals surface area contributed by atoms with Crippen LogP contribution in [0, 0.1) is 0 Å². The molecule has 8 heteroatoms. The van der Waals surface area contributed by atoms with Gasteiger partial charge in [0.1, 0.15) is 0 Å². The Hall–Kier alpha value is -1.77. The van der Waals surface area contributed by atoms with E-state index >= 15 is 0 Å². The highest BCUT2D eigenvalue weighted by atomic mass is 79.9. The lowest BCUT2D eigenvalue weighted by Gasteiger charge is -2.27. The normalized spacial score (nSPS) is 14.7. The molecule has 3 rings (SSSR count). The first-order valence-electron chi connectivity index (χ1n) is 8.28. The molecule has 1 aromatic heterocycles. The van der Waals surface area contributed by atoms with Gasteiger partial charge in [-0.2, -0.15) is 4.31 Å². The number of nitrogens with zero attached hydrogens (tertiary/aromatic N) is 2. The van der Waals surface area contributed by atoms with Crippen molar-refractivity contribution in [3.05, 3.63) is 63.4 Å². The van der Waals surface area contributed by atoms with E-state index in [0.717, 1.165) is 27.6 Å². The molecule has 1 aliphatic heterocycles. The van der Waals surface area contributed by atoms with Crippen LogP contribution in [-0.2, 0) is 29.4 Å². The molecule has 0 unspecified atom stereocenters. The number of nitrogens with one attached hydrogen (secondary N) is 1. The first-order valence-corrected chi connectivity index (χ1v) is 10.9. The highest BCUT2D eigenvalue weighted by Crippen LogP contribution is 2.23. The van der Waals surface area contributed by atoms with Crippen molar-refractivity contribution in [2.75, 3.05) is 19.3 Å². The summed E-state index contributed by atoms with van der Waals surface area (Å²) in [6.45, 7) is 1.18. The number of amides is 1. The number of sulfonamides is 1. The molecule has 1 amide bonds.